The molecule has 0 aliphatic carbocycles. The maximum atomic E-state index is 14.9. The number of H-pyrrole nitrogens is 1. The molecule has 0 spiro atoms. The molecule has 1 aromatic carbocycles. The molecule has 2 aliphatic rings. The number of benzene rings is 1. The number of hydrogen-bond donors (Lipinski definition) is 1. The summed E-state index contributed by atoms with van der Waals surface area (Å²) in [5, 5.41) is 7.27. The minimum absolute atomic E-state index is 0.122. The van der Waals surface area contributed by atoms with Gasteiger partial charge in [-0.2, -0.15) is 5.10 Å². The molecular weight excluding hydrogens is 415 g/mol. The highest BCUT2D eigenvalue weighted by molar-refractivity contribution is 7.71. The zero-order chi connectivity index (χ0) is 22.0. The molecule has 7 nitrogen and oxygen atoms in total. The molecule has 168 valence electrons. The standard InChI is InChI=1S/C22H31FN6OS/c1-3-26-10-12-27(13-11-26)19-8-7-16(14-18(19)23)21(30)28-9-5-6-17(15-28)20-24-25-22(31)29(20)4-2/h7-8,14,17H,3-6,9-13,15H2,1-2H3,(H,25,31). The third-order valence-corrected chi connectivity index (χ3v) is 6.84. The first-order chi connectivity index (χ1) is 15.0. The van der Waals surface area contributed by atoms with E-state index in [-0.39, 0.29) is 17.6 Å². The zero-order valence-electron chi connectivity index (χ0n) is 18.3. The minimum Gasteiger partial charge on any atom is -0.367 e. The summed E-state index contributed by atoms with van der Waals surface area (Å²) in [5.41, 5.74) is 0.991. The van der Waals surface area contributed by atoms with Gasteiger partial charge in [0.15, 0.2) is 4.77 Å². The largest absolute Gasteiger partial charge is 0.367 e. The van der Waals surface area contributed by atoms with Gasteiger partial charge < -0.3 is 19.3 Å². The molecule has 3 heterocycles. The van der Waals surface area contributed by atoms with E-state index in [0.717, 1.165) is 57.9 Å². The number of piperidine rings is 1. The molecule has 0 saturated carbocycles. The molecule has 1 atom stereocenters. The Bertz CT molecular complexity index is 981. The number of rotatable bonds is 5. The van der Waals surface area contributed by atoms with Gasteiger partial charge in [0, 0.05) is 57.3 Å². The van der Waals surface area contributed by atoms with Crippen molar-refractivity contribution in [3.05, 3.63) is 40.2 Å². The van der Waals surface area contributed by atoms with Crippen LogP contribution in [0.15, 0.2) is 18.2 Å². The van der Waals surface area contributed by atoms with Crippen LogP contribution in [-0.2, 0) is 6.54 Å². The van der Waals surface area contributed by atoms with Crippen molar-refractivity contribution in [1.29, 1.82) is 0 Å². The highest BCUT2D eigenvalue weighted by Gasteiger charge is 2.29. The molecule has 2 aromatic rings. The quantitative estimate of drug-likeness (QED) is 0.715. The van der Waals surface area contributed by atoms with Gasteiger partial charge in [-0.15, -0.1) is 0 Å². The van der Waals surface area contributed by atoms with E-state index in [9.17, 15) is 9.18 Å². The van der Waals surface area contributed by atoms with Crippen LogP contribution < -0.4 is 4.90 Å². The van der Waals surface area contributed by atoms with Gasteiger partial charge >= 0.3 is 0 Å². The Labute approximate surface area is 187 Å². The summed E-state index contributed by atoms with van der Waals surface area (Å²) in [7, 11) is 0. The average Bonchev–Trinajstić information content (AvgIpc) is 3.19. The highest BCUT2D eigenvalue weighted by Crippen LogP contribution is 2.28. The maximum Gasteiger partial charge on any atom is 0.253 e. The summed E-state index contributed by atoms with van der Waals surface area (Å²) in [6.45, 7) is 10.7. The molecule has 1 amide bonds. The van der Waals surface area contributed by atoms with Crippen molar-refractivity contribution in [3.63, 3.8) is 0 Å². The summed E-state index contributed by atoms with van der Waals surface area (Å²) >= 11 is 5.31. The number of likely N-dealkylation sites (tertiary alicyclic amines) is 1. The number of amides is 1. The van der Waals surface area contributed by atoms with E-state index < -0.39 is 0 Å². The molecule has 0 radical (unpaired) electrons. The first-order valence-electron chi connectivity index (χ1n) is 11.2. The molecule has 2 saturated heterocycles. The predicted octanol–water partition coefficient (Wildman–Crippen LogP) is 3.26. The third kappa shape index (κ3) is 4.52. The Kier molecular flexibility index (Phi) is 6.71. The minimum atomic E-state index is -0.323. The van der Waals surface area contributed by atoms with E-state index in [2.05, 4.69) is 26.9 Å². The molecule has 0 bridgehead atoms. The van der Waals surface area contributed by atoms with E-state index in [1.807, 2.05) is 16.4 Å². The number of halogens is 1. The van der Waals surface area contributed by atoms with Gasteiger partial charge in [0.05, 0.1) is 5.69 Å². The van der Waals surface area contributed by atoms with Gasteiger partial charge in [-0.1, -0.05) is 6.92 Å². The molecule has 1 aromatic heterocycles. The topological polar surface area (TPSA) is 60.4 Å². The number of carbonyl (C=O) groups is 1. The summed E-state index contributed by atoms with van der Waals surface area (Å²) in [4.78, 5) is 19.4. The number of anilines is 1. The summed E-state index contributed by atoms with van der Waals surface area (Å²) in [6, 6.07) is 4.92. The van der Waals surface area contributed by atoms with E-state index in [0.29, 0.717) is 29.1 Å². The van der Waals surface area contributed by atoms with E-state index >= 15 is 0 Å². The fourth-order valence-corrected chi connectivity index (χ4v) is 4.97. The van der Waals surface area contributed by atoms with Crippen molar-refractivity contribution in [2.45, 2.75) is 39.2 Å². The molecule has 2 aliphatic heterocycles. The Morgan fingerprint density at radius 1 is 1.19 bits per heavy atom. The molecule has 4 rings (SSSR count). The van der Waals surface area contributed by atoms with Crippen LogP contribution in [0.2, 0.25) is 0 Å². The van der Waals surface area contributed by atoms with Gasteiger partial charge in [-0.3, -0.25) is 9.89 Å². The predicted molar refractivity (Wildman–Crippen MR) is 122 cm³/mol. The lowest BCUT2D eigenvalue weighted by molar-refractivity contribution is 0.0702. The molecule has 31 heavy (non-hydrogen) atoms. The molecular formula is C22H31FN6OS. The lowest BCUT2D eigenvalue weighted by atomic mass is 9.96. The number of nitrogens with one attached hydrogen (secondary N) is 1. The summed E-state index contributed by atoms with van der Waals surface area (Å²) < 4.78 is 17.5. The van der Waals surface area contributed by atoms with Gasteiger partial charge in [0.2, 0.25) is 0 Å². The lowest BCUT2D eigenvalue weighted by Crippen LogP contribution is -2.46. The Morgan fingerprint density at radius 2 is 1.97 bits per heavy atom. The Hall–Kier alpha value is -2.26. The molecule has 1 N–H and O–H groups in total. The summed E-state index contributed by atoms with van der Waals surface area (Å²) in [6.07, 6.45) is 1.85. The second-order valence-electron chi connectivity index (χ2n) is 8.31. The Morgan fingerprint density at radius 3 is 2.65 bits per heavy atom. The normalized spacial score (nSPS) is 20.3. The third-order valence-electron chi connectivity index (χ3n) is 6.53. The number of likely N-dealkylation sites (N-methyl/N-ethyl adjacent to an activating group) is 1. The fourth-order valence-electron chi connectivity index (χ4n) is 4.70. The second-order valence-corrected chi connectivity index (χ2v) is 8.70. The van der Waals surface area contributed by atoms with Crippen molar-refractivity contribution in [2.24, 2.45) is 0 Å². The second kappa shape index (κ2) is 9.48. The Balaban J connectivity index is 1.46. The van der Waals surface area contributed by atoms with Crippen LogP contribution in [-0.4, -0.2) is 76.3 Å². The van der Waals surface area contributed by atoms with Crippen LogP contribution in [0.25, 0.3) is 0 Å². The van der Waals surface area contributed by atoms with Crippen molar-refractivity contribution in [3.8, 4) is 0 Å². The number of aromatic amines is 1. The SMILES string of the molecule is CCN1CCN(c2ccc(C(=O)N3CCCC(c4n[nH]c(=S)n4CC)C3)cc2F)CC1. The molecule has 9 heteroatoms. The van der Waals surface area contributed by atoms with Gasteiger partial charge in [0.25, 0.3) is 5.91 Å². The monoisotopic (exact) mass is 446 g/mol. The van der Waals surface area contributed by atoms with Gasteiger partial charge in [-0.05, 0) is 56.7 Å². The smallest absolute Gasteiger partial charge is 0.253 e. The van der Waals surface area contributed by atoms with Crippen molar-refractivity contribution < 1.29 is 9.18 Å². The maximum absolute atomic E-state index is 14.9. The van der Waals surface area contributed by atoms with Crippen LogP contribution in [0.5, 0.6) is 0 Å². The molecule has 2 fully saturated rings. The number of aromatic nitrogens is 3. The van der Waals surface area contributed by atoms with Gasteiger partial charge in [0.1, 0.15) is 11.6 Å². The number of carbonyl (C=O) groups excluding carboxylic acids is 1. The number of piperazine rings is 1. The van der Waals surface area contributed by atoms with Crippen LogP contribution in [0.3, 0.4) is 0 Å². The summed E-state index contributed by atoms with van der Waals surface area (Å²) in [5.74, 6) is 0.585. The van der Waals surface area contributed by atoms with Crippen LogP contribution in [0.4, 0.5) is 10.1 Å². The van der Waals surface area contributed by atoms with E-state index in [4.69, 9.17) is 12.2 Å². The van der Waals surface area contributed by atoms with Crippen molar-refractivity contribution in [2.75, 3.05) is 50.7 Å². The van der Waals surface area contributed by atoms with Crippen LogP contribution >= 0.6 is 12.2 Å². The highest BCUT2D eigenvalue weighted by atomic mass is 32.1. The average molecular weight is 447 g/mol. The first kappa shape index (κ1) is 22.0. The number of nitrogens with zero attached hydrogens (tertiary/aromatic N) is 5. The number of hydrogen-bond acceptors (Lipinski definition) is 5. The van der Waals surface area contributed by atoms with Crippen molar-refractivity contribution >= 4 is 23.8 Å². The fraction of sp³-hybridized carbons (Fsp3) is 0.591. The van der Waals surface area contributed by atoms with Crippen LogP contribution in [0, 0.1) is 10.6 Å². The molecule has 1 unspecified atom stereocenters. The lowest BCUT2D eigenvalue weighted by Gasteiger charge is -2.36. The van der Waals surface area contributed by atoms with Crippen LogP contribution in [0.1, 0.15) is 48.8 Å². The van der Waals surface area contributed by atoms with E-state index in [1.165, 1.54) is 6.07 Å². The van der Waals surface area contributed by atoms with Crippen molar-refractivity contribution in [1.82, 2.24) is 24.6 Å². The first-order valence-corrected chi connectivity index (χ1v) is 11.6. The zero-order valence-corrected chi connectivity index (χ0v) is 19.1. The van der Waals surface area contributed by atoms with E-state index in [1.54, 1.807) is 12.1 Å². The van der Waals surface area contributed by atoms with Gasteiger partial charge in [-0.25, -0.2) is 4.39 Å².